The van der Waals surface area contributed by atoms with E-state index in [1.807, 2.05) is 0 Å². The lowest BCUT2D eigenvalue weighted by molar-refractivity contribution is 0.176. The van der Waals surface area contributed by atoms with Gasteiger partial charge < -0.3 is 0 Å². The highest BCUT2D eigenvalue weighted by molar-refractivity contribution is 6.30. The predicted molar refractivity (Wildman–Crippen MR) is 70.1 cm³/mol. The number of hydrogen-bond donors (Lipinski definition) is 0. The SMILES string of the molecule is Fc1ccc(Cl)cc1CN1CCCC(CCl)C1. The van der Waals surface area contributed by atoms with Crippen molar-refractivity contribution in [1.82, 2.24) is 4.90 Å². The number of halogens is 3. The molecule has 1 fully saturated rings. The van der Waals surface area contributed by atoms with Crippen molar-refractivity contribution in [3.8, 4) is 0 Å². The van der Waals surface area contributed by atoms with Gasteiger partial charge in [-0.1, -0.05) is 11.6 Å². The number of piperidine rings is 1. The molecule has 1 saturated heterocycles. The molecule has 4 heteroatoms. The summed E-state index contributed by atoms with van der Waals surface area (Å²) in [6, 6.07) is 4.72. The zero-order valence-electron chi connectivity index (χ0n) is 9.63. The first-order valence-electron chi connectivity index (χ1n) is 5.91. The van der Waals surface area contributed by atoms with Crippen molar-refractivity contribution >= 4 is 23.2 Å². The lowest BCUT2D eigenvalue weighted by Crippen LogP contribution is -2.35. The Morgan fingerprint density at radius 1 is 1.41 bits per heavy atom. The molecule has 1 aromatic carbocycles. The van der Waals surface area contributed by atoms with Gasteiger partial charge in [-0.05, 0) is 43.5 Å². The Kier molecular flexibility index (Phi) is 4.66. The van der Waals surface area contributed by atoms with Crippen LogP contribution < -0.4 is 0 Å². The molecule has 0 saturated carbocycles. The van der Waals surface area contributed by atoms with Crippen LogP contribution >= 0.6 is 23.2 Å². The monoisotopic (exact) mass is 275 g/mol. The van der Waals surface area contributed by atoms with E-state index in [1.54, 1.807) is 12.1 Å². The van der Waals surface area contributed by atoms with Crippen LogP contribution in [-0.4, -0.2) is 23.9 Å². The zero-order valence-corrected chi connectivity index (χ0v) is 11.1. The van der Waals surface area contributed by atoms with Gasteiger partial charge in [0.15, 0.2) is 0 Å². The topological polar surface area (TPSA) is 3.24 Å². The van der Waals surface area contributed by atoms with E-state index in [2.05, 4.69) is 4.90 Å². The predicted octanol–water partition coefficient (Wildman–Crippen LogP) is 3.93. The van der Waals surface area contributed by atoms with Gasteiger partial charge in [0.2, 0.25) is 0 Å². The lowest BCUT2D eigenvalue weighted by atomic mass is 9.99. The summed E-state index contributed by atoms with van der Waals surface area (Å²) in [6.07, 6.45) is 2.32. The zero-order chi connectivity index (χ0) is 12.3. The first kappa shape index (κ1) is 13.1. The van der Waals surface area contributed by atoms with E-state index in [9.17, 15) is 4.39 Å². The van der Waals surface area contributed by atoms with E-state index < -0.39 is 0 Å². The molecule has 17 heavy (non-hydrogen) atoms. The van der Waals surface area contributed by atoms with Crippen molar-refractivity contribution in [3.05, 3.63) is 34.6 Å². The molecule has 0 N–H and O–H groups in total. The van der Waals surface area contributed by atoms with Crippen molar-refractivity contribution in [1.29, 1.82) is 0 Å². The van der Waals surface area contributed by atoms with Crippen LogP contribution in [0.4, 0.5) is 4.39 Å². The number of rotatable bonds is 3. The molecule has 0 radical (unpaired) electrons. The van der Waals surface area contributed by atoms with Gasteiger partial charge in [0.25, 0.3) is 0 Å². The maximum Gasteiger partial charge on any atom is 0.127 e. The molecule has 2 rings (SSSR count). The highest BCUT2D eigenvalue weighted by Gasteiger charge is 2.20. The van der Waals surface area contributed by atoms with Crippen molar-refractivity contribution in [2.24, 2.45) is 5.92 Å². The standard InChI is InChI=1S/C13H16Cl2FN/c14-7-10-2-1-5-17(8-10)9-11-6-12(15)3-4-13(11)16/h3-4,6,10H,1-2,5,7-9H2. The Labute approximate surface area is 112 Å². The molecule has 0 bridgehead atoms. The number of hydrogen-bond acceptors (Lipinski definition) is 1. The van der Waals surface area contributed by atoms with E-state index >= 15 is 0 Å². The molecule has 94 valence electrons. The maximum absolute atomic E-state index is 13.6. The number of benzene rings is 1. The Balaban J connectivity index is 2.02. The van der Waals surface area contributed by atoms with E-state index in [4.69, 9.17) is 23.2 Å². The third-order valence-electron chi connectivity index (χ3n) is 3.22. The fraction of sp³-hybridized carbons (Fsp3) is 0.538. The Hall–Kier alpha value is -0.310. The summed E-state index contributed by atoms with van der Waals surface area (Å²) in [6.45, 7) is 2.59. The Morgan fingerprint density at radius 2 is 2.24 bits per heavy atom. The molecule has 0 aliphatic carbocycles. The highest BCUT2D eigenvalue weighted by atomic mass is 35.5. The van der Waals surface area contributed by atoms with Gasteiger partial charge in [0, 0.05) is 29.6 Å². The van der Waals surface area contributed by atoms with E-state index in [-0.39, 0.29) is 5.82 Å². The van der Waals surface area contributed by atoms with Crippen LogP contribution in [0, 0.1) is 11.7 Å². The van der Waals surface area contributed by atoms with Crippen molar-refractivity contribution in [2.75, 3.05) is 19.0 Å². The molecule has 0 spiro atoms. The summed E-state index contributed by atoms with van der Waals surface area (Å²) in [7, 11) is 0. The van der Waals surface area contributed by atoms with Crippen LogP contribution in [0.2, 0.25) is 5.02 Å². The van der Waals surface area contributed by atoms with E-state index in [1.165, 1.54) is 12.5 Å². The van der Waals surface area contributed by atoms with Crippen LogP contribution in [0.3, 0.4) is 0 Å². The molecule has 1 atom stereocenters. The molecule has 1 aliphatic heterocycles. The lowest BCUT2D eigenvalue weighted by Gasteiger charge is -2.31. The summed E-state index contributed by atoms with van der Waals surface area (Å²) in [4.78, 5) is 2.26. The minimum Gasteiger partial charge on any atom is -0.299 e. The van der Waals surface area contributed by atoms with Crippen LogP contribution in [-0.2, 0) is 6.54 Å². The number of nitrogens with zero attached hydrogens (tertiary/aromatic N) is 1. The summed E-state index contributed by atoms with van der Waals surface area (Å²) >= 11 is 11.8. The van der Waals surface area contributed by atoms with Crippen LogP contribution in [0.15, 0.2) is 18.2 Å². The molecule has 1 nitrogen and oxygen atoms in total. The highest BCUT2D eigenvalue weighted by Crippen LogP contribution is 2.22. The largest absolute Gasteiger partial charge is 0.299 e. The summed E-state index contributed by atoms with van der Waals surface area (Å²) < 4.78 is 13.6. The van der Waals surface area contributed by atoms with Gasteiger partial charge in [-0.15, -0.1) is 11.6 Å². The van der Waals surface area contributed by atoms with Crippen LogP contribution in [0.5, 0.6) is 0 Å². The molecule has 1 aromatic rings. The Morgan fingerprint density at radius 3 is 3.00 bits per heavy atom. The van der Waals surface area contributed by atoms with Gasteiger partial charge >= 0.3 is 0 Å². The molecular formula is C13H16Cl2FN. The average molecular weight is 276 g/mol. The first-order chi connectivity index (χ1) is 8.19. The number of likely N-dealkylation sites (tertiary alicyclic amines) is 1. The van der Waals surface area contributed by atoms with Crippen LogP contribution in [0.25, 0.3) is 0 Å². The van der Waals surface area contributed by atoms with Gasteiger partial charge in [-0.25, -0.2) is 4.39 Å². The summed E-state index contributed by atoms with van der Waals surface area (Å²) in [5.41, 5.74) is 0.674. The average Bonchev–Trinajstić information content (AvgIpc) is 2.34. The minimum atomic E-state index is -0.178. The van der Waals surface area contributed by atoms with Gasteiger partial charge in [-0.2, -0.15) is 0 Å². The van der Waals surface area contributed by atoms with E-state index in [0.717, 1.165) is 19.5 Å². The smallest absolute Gasteiger partial charge is 0.127 e. The fourth-order valence-corrected chi connectivity index (χ4v) is 2.77. The molecule has 1 unspecified atom stereocenters. The van der Waals surface area contributed by atoms with Crippen LogP contribution in [0.1, 0.15) is 18.4 Å². The van der Waals surface area contributed by atoms with Crippen molar-refractivity contribution in [3.63, 3.8) is 0 Å². The molecule has 0 amide bonds. The third-order valence-corrected chi connectivity index (χ3v) is 3.89. The minimum absolute atomic E-state index is 0.178. The fourth-order valence-electron chi connectivity index (χ4n) is 2.33. The summed E-state index contributed by atoms with van der Waals surface area (Å²) in [5, 5.41) is 0.590. The first-order valence-corrected chi connectivity index (χ1v) is 6.82. The van der Waals surface area contributed by atoms with Gasteiger partial charge in [0.05, 0.1) is 0 Å². The third kappa shape index (κ3) is 3.57. The maximum atomic E-state index is 13.6. The van der Waals surface area contributed by atoms with Crippen molar-refractivity contribution < 1.29 is 4.39 Å². The second kappa shape index (κ2) is 6.03. The molecule has 1 aliphatic rings. The second-order valence-corrected chi connectivity index (χ2v) is 5.38. The summed E-state index contributed by atoms with van der Waals surface area (Å²) in [5.74, 6) is 1.05. The Bertz CT molecular complexity index is 384. The number of alkyl halides is 1. The normalized spacial score (nSPS) is 21.7. The molecular weight excluding hydrogens is 260 g/mol. The van der Waals surface area contributed by atoms with E-state index in [0.29, 0.717) is 28.9 Å². The van der Waals surface area contributed by atoms with Gasteiger partial charge in [-0.3, -0.25) is 4.90 Å². The molecule has 1 heterocycles. The second-order valence-electron chi connectivity index (χ2n) is 4.63. The quantitative estimate of drug-likeness (QED) is 0.756. The van der Waals surface area contributed by atoms with Gasteiger partial charge in [0.1, 0.15) is 5.82 Å². The van der Waals surface area contributed by atoms with Crippen molar-refractivity contribution in [2.45, 2.75) is 19.4 Å². The molecule has 0 aromatic heterocycles.